The largest absolute Gasteiger partial charge is 0.309 e. The van der Waals surface area contributed by atoms with Crippen LogP contribution in [0.25, 0.3) is 66.1 Å². The minimum atomic E-state index is -2.91. The molecule has 57 heavy (non-hydrogen) atoms. The zero-order valence-electron chi connectivity index (χ0n) is 31.3. The number of fused-ring (bicyclic) bond motifs is 6. The predicted molar refractivity (Wildman–Crippen MR) is 244 cm³/mol. The van der Waals surface area contributed by atoms with Gasteiger partial charge in [0, 0.05) is 38.5 Å². The molecule has 268 valence electrons. The summed E-state index contributed by atoms with van der Waals surface area (Å²) >= 11 is 0. The molecular weight excluding hydrogens is 705 g/mol. The normalized spacial score (nSPS) is 11.9. The van der Waals surface area contributed by atoms with Gasteiger partial charge in [0.05, 0.1) is 22.1 Å². The zero-order valence-corrected chi connectivity index (χ0v) is 32.3. The molecule has 0 radical (unpaired) electrons. The third kappa shape index (κ3) is 5.03. The average Bonchev–Trinajstić information content (AvgIpc) is 3.82. The molecule has 0 bridgehead atoms. The second-order valence-corrected chi connectivity index (χ2v) is 18.6. The maximum atomic E-state index is 2.58. The molecule has 11 aromatic rings. The first-order valence-electron chi connectivity index (χ1n) is 19.7. The van der Waals surface area contributed by atoms with Gasteiger partial charge in [-0.25, -0.2) is 0 Å². The summed E-state index contributed by atoms with van der Waals surface area (Å²) < 4.78 is 5.00. The van der Waals surface area contributed by atoms with Gasteiger partial charge in [-0.15, -0.1) is 0 Å². The van der Waals surface area contributed by atoms with Crippen molar-refractivity contribution in [1.29, 1.82) is 0 Å². The molecule has 11 rings (SSSR count). The van der Waals surface area contributed by atoms with Crippen LogP contribution in [-0.4, -0.2) is 17.2 Å². The molecule has 0 atom stereocenters. The average molecular weight is 743 g/mol. The number of rotatable bonds is 7. The van der Waals surface area contributed by atoms with E-state index in [0.717, 1.165) is 5.69 Å². The molecule has 2 heterocycles. The molecule has 3 heteroatoms. The first-order valence-corrected chi connectivity index (χ1v) is 21.7. The summed E-state index contributed by atoms with van der Waals surface area (Å²) in [5.74, 6) is 0. The van der Waals surface area contributed by atoms with Crippen molar-refractivity contribution in [3.8, 4) is 22.5 Å². The Labute approximate surface area is 333 Å². The standard InChI is InChI=1S/C54H38N2Si/c1-5-21-39(22-6-1)55-49-35-16-14-30-47(49)53-44(31-20-37-51(53)55)46-33-19-32-45-43-29-13-15-34-48(43)56(54(45)46)50-36-17-18-38-52(50)57(40-23-7-2-8-24-40,41-25-9-3-10-26-41)42-27-11-4-12-28-42/h1-38H. The molecule has 2 aromatic heterocycles. The van der Waals surface area contributed by atoms with Gasteiger partial charge in [0.25, 0.3) is 0 Å². The second kappa shape index (κ2) is 13.5. The maximum absolute atomic E-state index is 2.91. The molecule has 0 unspecified atom stereocenters. The van der Waals surface area contributed by atoms with E-state index in [1.54, 1.807) is 0 Å². The Hall–Kier alpha value is -7.20. The smallest absolute Gasteiger partial charge is 0.181 e. The van der Waals surface area contributed by atoms with Crippen LogP contribution in [0.3, 0.4) is 0 Å². The lowest BCUT2D eigenvalue weighted by molar-refractivity contribution is 1.18. The Morgan fingerprint density at radius 1 is 0.298 bits per heavy atom. The minimum absolute atomic E-state index is 1.16. The van der Waals surface area contributed by atoms with Crippen molar-refractivity contribution in [3.05, 3.63) is 231 Å². The molecule has 2 nitrogen and oxygen atoms in total. The highest BCUT2D eigenvalue weighted by Gasteiger charge is 2.43. The van der Waals surface area contributed by atoms with Crippen LogP contribution in [0.4, 0.5) is 0 Å². The monoisotopic (exact) mass is 742 g/mol. The van der Waals surface area contributed by atoms with Gasteiger partial charge in [-0.2, -0.15) is 0 Å². The summed E-state index contributed by atoms with van der Waals surface area (Å²) in [6, 6.07) is 85.2. The minimum Gasteiger partial charge on any atom is -0.309 e. The van der Waals surface area contributed by atoms with E-state index < -0.39 is 8.07 Å². The van der Waals surface area contributed by atoms with Crippen molar-refractivity contribution in [2.45, 2.75) is 0 Å². The summed E-state index contributed by atoms with van der Waals surface area (Å²) in [4.78, 5) is 0. The highest BCUT2D eigenvalue weighted by atomic mass is 28.3. The predicted octanol–water partition coefficient (Wildman–Crippen LogP) is 10.9. The van der Waals surface area contributed by atoms with Crippen LogP contribution in [0.2, 0.25) is 0 Å². The molecule has 0 aliphatic heterocycles. The van der Waals surface area contributed by atoms with Gasteiger partial charge in [0.15, 0.2) is 8.07 Å². The molecule has 0 saturated heterocycles. The van der Waals surface area contributed by atoms with Gasteiger partial charge in [-0.1, -0.05) is 194 Å². The fourth-order valence-electron chi connectivity index (χ4n) is 9.60. The number of benzene rings is 9. The lowest BCUT2D eigenvalue weighted by atomic mass is 9.97. The lowest BCUT2D eigenvalue weighted by Gasteiger charge is -2.36. The Bertz CT molecular complexity index is 3120. The van der Waals surface area contributed by atoms with Gasteiger partial charge in [-0.05, 0) is 62.7 Å². The quantitative estimate of drug-likeness (QED) is 0.114. The third-order valence-electron chi connectivity index (χ3n) is 11.9. The molecule has 0 N–H and O–H groups in total. The Balaban J connectivity index is 1.29. The summed E-state index contributed by atoms with van der Waals surface area (Å²) in [5.41, 5.74) is 9.62. The highest BCUT2D eigenvalue weighted by molar-refractivity contribution is 7.20. The van der Waals surface area contributed by atoms with Crippen LogP contribution < -0.4 is 20.7 Å². The van der Waals surface area contributed by atoms with Crippen molar-refractivity contribution in [2.75, 3.05) is 0 Å². The number of nitrogens with zero attached hydrogens (tertiary/aromatic N) is 2. The topological polar surface area (TPSA) is 9.86 Å². The highest BCUT2D eigenvalue weighted by Crippen LogP contribution is 2.43. The lowest BCUT2D eigenvalue weighted by Crippen LogP contribution is -2.75. The molecule has 0 saturated carbocycles. The number of aromatic nitrogens is 2. The van der Waals surface area contributed by atoms with E-state index in [-0.39, 0.29) is 0 Å². The first kappa shape index (κ1) is 33.2. The molecular formula is C54H38N2Si. The molecule has 0 aliphatic carbocycles. The van der Waals surface area contributed by atoms with Gasteiger partial charge in [0.1, 0.15) is 0 Å². The summed E-state index contributed by atoms with van der Waals surface area (Å²) in [5, 5.41) is 10.4. The van der Waals surface area contributed by atoms with E-state index in [0.29, 0.717) is 0 Å². The Morgan fingerprint density at radius 2 is 0.754 bits per heavy atom. The van der Waals surface area contributed by atoms with Crippen LogP contribution in [0.5, 0.6) is 0 Å². The van der Waals surface area contributed by atoms with E-state index >= 15 is 0 Å². The van der Waals surface area contributed by atoms with E-state index in [4.69, 9.17) is 0 Å². The van der Waals surface area contributed by atoms with Gasteiger partial charge >= 0.3 is 0 Å². The van der Waals surface area contributed by atoms with E-state index in [1.165, 1.54) is 81.2 Å². The van der Waals surface area contributed by atoms with Crippen molar-refractivity contribution in [2.24, 2.45) is 0 Å². The van der Waals surface area contributed by atoms with Crippen LogP contribution in [-0.2, 0) is 0 Å². The SMILES string of the molecule is c1ccc(-n2c3ccccc3c3c(-c4cccc5c6ccccc6n(-c6ccccc6[Si](c6ccccc6)(c6ccccc6)c6ccccc6)c45)cccc32)cc1. The van der Waals surface area contributed by atoms with Crippen molar-refractivity contribution >= 4 is 72.4 Å². The molecule has 0 aliphatic rings. The van der Waals surface area contributed by atoms with E-state index in [1.807, 2.05) is 0 Å². The number of hydrogen-bond acceptors (Lipinski definition) is 0. The fourth-order valence-corrected chi connectivity index (χ4v) is 14.5. The van der Waals surface area contributed by atoms with Gasteiger partial charge in [-0.3, -0.25) is 0 Å². The fraction of sp³-hybridized carbons (Fsp3) is 0. The number of para-hydroxylation sites is 5. The van der Waals surface area contributed by atoms with Crippen molar-refractivity contribution in [1.82, 2.24) is 9.13 Å². The van der Waals surface area contributed by atoms with Crippen LogP contribution in [0.1, 0.15) is 0 Å². The summed E-state index contributed by atoms with van der Waals surface area (Å²) in [7, 11) is -2.91. The van der Waals surface area contributed by atoms with Crippen molar-refractivity contribution < 1.29 is 0 Å². The molecule has 0 fully saturated rings. The van der Waals surface area contributed by atoms with E-state index in [2.05, 4.69) is 240 Å². The zero-order chi connectivity index (χ0) is 37.8. The van der Waals surface area contributed by atoms with Crippen molar-refractivity contribution in [3.63, 3.8) is 0 Å². The van der Waals surface area contributed by atoms with Crippen LogP contribution in [0.15, 0.2) is 231 Å². The third-order valence-corrected chi connectivity index (χ3v) is 16.7. The van der Waals surface area contributed by atoms with E-state index in [9.17, 15) is 0 Å². The van der Waals surface area contributed by atoms with Crippen LogP contribution >= 0.6 is 0 Å². The summed E-state index contributed by atoms with van der Waals surface area (Å²) in [6.45, 7) is 0. The van der Waals surface area contributed by atoms with Gasteiger partial charge in [0.2, 0.25) is 0 Å². The molecule has 0 spiro atoms. The first-order chi connectivity index (χ1) is 28.3. The second-order valence-electron chi connectivity index (χ2n) is 14.8. The Morgan fingerprint density at radius 3 is 1.40 bits per heavy atom. The van der Waals surface area contributed by atoms with Crippen LogP contribution in [0, 0.1) is 0 Å². The Kier molecular flexibility index (Phi) is 7.87. The van der Waals surface area contributed by atoms with Gasteiger partial charge < -0.3 is 9.13 Å². The maximum Gasteiger partial charge on any atom is 0.181 e. The number of hydrogen-bond donors (Lipinski definition) is 0. The molecule has 9 aromatic carbocycles. The molecule has 0 amide bonds. The summed E-state index contributed by atoms with van der Waals surface area (Å²) in [6.07, 6.45) is 0.